The van der Waals surface area contributed by atoms with Gasteiger partial charge in [0.1, 0.15) is 4.90 Å². The average molecular weight is 291 g/mol. The molecule has 0 aliphatic rings. The van der Waals surface area contributed by atoms with Crippen LogP contribution in [0, 0.1) is 11.8 Å². The third-order valence-corrected chi connectivity index (χ3v) is 3.75. The Labute approximate surface area is 116 Å². The summed E-state index contributed by atoms with van der Waals surface area (Å²) < 4.78 is 26.7. The molecule has 0 saturated carbocycles. The normalized spacial score (nSPS) is 10.8. The molecule has 2 aromatic heterocycles. The summed E-state index contributed by atoms with van der Waals surface area (Å²) in [7, 11) is -3.64. The van der Waals surface area contributed by atoms with Gasteiger partial charge in [-0.25, -0.2) is 13.1 Å². The molecule has 4 N–H and O–H groups in total. The third kappa shape index (κ3) is 3.64. The summed E-state index contributed by atoms with van der Waals surface area (Å²) in [6.45, 7) is 0.354. The van der Waals surface area contributed by atoms with E-state index in [1.807, 2.05) is 0 Å². The van der Waals surface area contributed by atoms with Crippen LogP contribution in [0.3, 0.4) is 0 Å². The number of hydrogen-bond acceptors (Lipinski definition) is 5. The lowest BCUT2D eigenvalue weighted by atomic mass is 10.3. The van der Waals surface area contributed by atoms with Crippen molar-refractivity contribution in [2.24, 2.45) is 5.73 Å². The topological polar surface area (TPSA) is 114 Å². The fraction of sp³-hybridized carbons (Fsp3) is 0.167. The van der Waals surface area contributed by atoms with Crippen molar-refractivity contribution < 1.29 is 8.42 Å². The van der Waals surface area contributed by atoms with E-state index in [-0.39, 0.29) is 18.0 Å². The van der Waals surface area contributed by atoms with Crippen LogP contribution in [0.1, 0.15) is 11.1 Å². The highest BCUT2D eigenvalue weighted by atomic mass is 32.2. The molecule has 0 spiro atoms. The maximum absolute atomic E-state index is 12.1. The van der Waals surface area contributed by atoms with Crippen LogP contribution in [-0.4, -0.2) is 30.1 Å². The van der Waals surface area contributed by atoms with Crippen molar-refractivity contribution in [3.05, 3.63) is 42.0 Å². The van der Waals surface area contributed by atoms with E-state index < -0.39 is 10.0 Å². The van der Waals surface area contributed by atoms with Crippen molar-refractivity contribution in [2.45, 2.75) is 11.4 Å². The van der Waals surface area contributed by atoms with Gasteiger partial charge in [-0.05, 0) is 6.07 Å². The molecule has 0 atom stereocenters. The van der Waals surface area contributed by atoms with Gasteiger partial charge in [0.25, 0.3) is 0 Å². The summed E-state index contributed by atoms with van der Waals surface area (Å²) in [6.07, 6.45) is 5.91. The highest BCUT2D eigenvalue weighted by Crippen LogP contribution is 2.09. The Morgan fingerprint density at radius 2 is 2.20 bits per heavy atom. The highest BCUT2D eigenvalue weighted by Gasteiger charge is 2.14. The summed E-state index contributed by atoms with van der Waals surface area (Å²) in [5.41, 5.74) is 6.51. The van der Waals surface area contributed by atoms with Crippen LogP contribution >= 0.6 is 0 Å². The third-order valence-electron chi connectivity index (χ3n) is 2.38. The number of sulfonamides is 1. The Hall–Kier alpha value is -2.21. The van der Waals surface area contributed by atoms with E-state index in [2.05, 4.69) is 31.7 Å². The fourth-order valence-electron chi connectivity index (χ4n) is 1.42. The van der Waals surface area contributed by atoms with Gasteiger partial charge in [-0.2, -0.15) is 5.10 Å². The van der Waals surface area contributed by atoms with Crippen molar-refractivity contribution >= 4 is 10.0 Å². The van der Waals surface area contributed by atoms with Crippen LogP contribution in [0.2, 0.25) is 0 Å². The molecule has 0 unspecified atom stereocenters. The Bertz CT molecular complexity index is 729. The minimum absolute atomic E-state index is 0.0600. The minimum atomic E-state index is -3.64. The van der Waals surface area contributed by atoms with E-state index in [0.717, 1.165) is 5.56 Å². The lowest BCUT2D eigenvalue weighted by Crippen LogP contribution is -2.23. The molecule has 8 heteroatoms. The first-order chi connectivity index (χ1) is 9.62. The average Bonchev–Trinajstić information content (AvgIpc) is 2.97. The molecule has 0 amide bonds. The van der Waals surface area contributed by atoms with Crippen molar-refractivity contribution in [1.29, 1.82) is 0 Å². The molecule has 2 rings (SSSR count). The van der Waals surface area contributed by atoms with Crippen molar-refractivity contribution in [2.75, 3.05) is 6.54 Å². The second-order valence-electron chi connectivity index (χ2n) is 3.85. The smallest absolute Gasteiger partial charge is 0.242 e. The zero-order chi connectivity index (χ0) is 14.4. The van der Waals surface area contributed by atoms with Crippen LogP contribution in [0.5, 0.6) is 0 Å². The van der Waals surface area contributed by atoms with Crippen LogP contribution < -0.4 is 10.5 Å². The predicted molar refractivity (Wildman–Crippen MR) is 72.8 cm³/mol. The first kappa shape index (κ1) is 14.2. The quantitative estimate of drug-likeness (QED) is 0.663. The lowest BCUT2D eigenvalue weighted by molar-refractivity contribution is 0.581. The molecule has 104 valence electrons. The first-order valence-electron chi connectivity index (χ1n) is 5.73. The van der Waals surface area contributed by atoms with Crippen molar-refractivity contribution in [3.8, 4) is 11.8 Å². The first-order valence-corrected chi connectivity index (χ1v) is 7.21. The number of nitrogens with two attached hydrogens (primary N) is 1. The van der Waals surface area contributed by atoms with Gasteiger partial charge in [0, 0.05) is 36.3 Å². The van der Waals surface area contributed by atoms with Gasteiger partial charge >= 0.3 is 0 Å². The summed E-state index contributed by atoms with van der Waals surface area (Å²) in [4.78, 5) is 3.93. The Morgan fingerprint density at radius 3 is 2.90 bits per heavy atom. The number of H-pyrrole nitrogens is 1. The second-order valence-corrected chi connectivity index (χ2v) is 5.61. The number of nitrogens with zero attached hydrogens (tertiary/aromatic N) is 2. The lowest BCUT2D eigenvalue weighted by Gasteiger charge is -2.05. The second kappa shape index (κ2) is 6.29. The Morgan fingerprint density at radius 1 is 1.35 bits per heavy atom. The number of nitrogens with one attached hydrogen (secondary N) is 2. The van der Waals surface area contributed by atoms with Crippen LogP contribution in [0.15, 0.2) is 35.7 Å². The van der Waals surface area contributed by atoms with E-state index in [0.29, 0.717) is 5.56 Å². The number of aromatic nitrogens is 3. The molecule has 2 aromatic rings. The number of rotatable bonds is 4. The fourth-order valence-corrected chi connectivity index (χ4v) is 2.43. The highest BCUT2D eigenvalue weighted by molar-refractivity contribution is 7.89. The molecular formula is C12H13N5O2S. The summed E-state index contributed by atoms with van der Waals surface area (Å²) >= 11 is 0. The molecule has 0 aliphatic heterocycles. The maximum Gasteiger partial charge on any atom is 0.242 e. The Kier molecular flexibility index (Phi) is 4.47. The van der Waals surface area contributed by atoms with Crippen LogP contribution in [0.25, 0.3) is 0 Å². The minimum Gasteiger partial charge on any atom is -0.320 e. The van der Waals surface area contributed by atoms with Crippen LogP contribution in [0.4, 0.5) is 0 Å². The molecule has 0 aliphatic carbocycles. The van der Waals surface area contributed by atoms with E-state index in [4.69, 9.17) is 5.73 Å². The van der Waals surface area contributed by atoms with Gasteiger partial charge in [0.15, 0.2) is 0 Å². The van der Waals surface area contributed by atoms with E-state index >= 15 is 0 Å². The van der Waals surface area contributed by atoms with Gasteiger partial charge in [0.2, 0.25) is 10.0 Å². The molecule has 20 heavy (non-hydrogen) atoms. The molecule has 7 nitrogen and oxygen atoms in total. The van der Waals surface area contributed by atoms with E-state index in [1.165, 1.54) is 18.5 Å². The molecule has 0 radical (unpaired) electrons. The van der Waals surface area contributed by atoms with E-state index in [1.54, 1.807) is 12.4 Å². The van der Waals surface area contributed by atoms with Crippen molar-refractivity contribution in [1.82, 2.24) is 19.9 Å². The monoisotopic (exact) mass is 291 g/mol. The van der Waals surface area contributed by atoms with Crippen molar-refractivity contribution in [3.63, 3.8) is 0 Å². The maximum atomic E-state index is 12.1. The molecule has 0 fully saturated rings. The largest absolute Gasteiger partial charge is 0.320 e. The number of aromatic amines is 1. The zero-order valence-electron chi connectivity index (χ0n) is 10.5. The Balaban J connectivity index is 2.16. The summed E-state index contributed by atoms with van der Waals surface area (Å²) in [5.74, 6) is 5.39. The predicted octanol–water partition coefficient (Wildman–Crippen LogP) is -0.407. The summed E-state index contributed by atoms with van der Waals surface area (Å²) in [6, 6.07) is 1.45. The zero-order valence-corrected chi connectivity index (χ0v) is 11.3. The van der Waals surface area contributed by atoms with Gasteiger partial charge in [-0.3, -0.25) is 10.1 Å². The summed E-state index contributed by atoms with van der Waals surface area (Å²) in [5, 5.41) is 6.35. The standard InChI is InChI=1S/C12H13N5O2S/c13-3-1-2-10-4-12(9-14-5-10)20(18,19)17-8-11-6-15-16-7-11/h4-7,9,17H,3,8,13H2,(H,15,16). The molecule has 0 bridgehead atoms. The number of pyridine rings is 1. The van der Waals surface area contributed by atoms with E-state index in [9.17, 15) is 8.42 Å². The number of hydrogen-bond donors (Lipinski definition) is 3. The van der Waals surface area contributed by atoms with Gasteiger partial charge < -0.3 is 5.73 Å². The van der Waals surface area contributed by atoms with Gasteiger partial charge in [0.05, 0.1) is 12.7 Å². The van der Waals surface area contributed by atoms with Crippen LogP contribution in [-0.2, 0) is 16.6 Å². The SMILES string of the molecule is NCC#Cc1cncc(S(=O)(=O)NCc2cn[nH]c2)c1. The van der Waals surface area contributed by atoms with Gasteiger partial charge in [-0.1, -0.05) is 11.8 Å². The molecule has 0 aromatic carbocycles. The molecule has 2 heterocycles. The van der Waals surface area contributed by atoms with Gasteiger partial charge in [-0.15, -0.1) is 0 Å². The molecule has 0 saturated heterocycles. The molecular weight excluding hydrogens is 278 g/mol.